The van der Waals surface area contributed by atoms with Gasteiger partial charge in [0.2, 0.25) is 0 Å². The fourth-order valence-corrected chi connectivity index (χ4v) is 6.64. The monoisotopic (exact) mass is 536 g/mol. The minimum atomic E-state index is -3.24. The highest BCUT2D eigenvalue weighted by Crippen LogP contribution is 2.50. The summed E-state index contributed by atoms with van der Waals surface area (Å²) in [7, 11) is -3.24. The number of fused-ring (bicyclic) bond motifs is 2. The third-order valence-electron chi connectivity index (χ3n) is 7.05. The lowest BCUT2D eigenvalue weighted by molar-refractivity contribution is 0.0951. The Kier molecular flexibility index (Phi) is 7.49. The predicted octanol–water partition coefficient (Wildman–Crippen LogP) is 6.21. The van der Waals surface area contributed by atoms with Gasteiger partial charge in [0.15, 0.2) is 9.84 Å². The number of hydrogen-bond acceptors (Lipinski definition) is 6. The van der Waals surface area contributed by atoms with E-state index in [0.29, 0.717) is 29.5 Å². The largest absolute Gasteiger partial charge is 0.494 e. The molecule has 0 unspecified atom stereocenters. The highest BCUT2D eigenvalue weighted by molar-refractivity contribution is 7.99. The number of benzene rings is 3. The van der Waals surface area contributed by atoms with Crippen molar-refractivity contribution in [1.29, 1.82) is 0 Å². The first-order chi connectivity index (χ1) is 17.9. The van der Waals surface area contributed by atoms with E-state index in [2.05, 4.69) is 22.3 Å². The highest BCUT2D eigenvalue weighted by atomic mass is 32.2. The van der Waals surface area contributed by atoms with Crippen molar-refractivity contribution in [3.63, 3.8) is 0 Å². The summed E-state index contributed by atoms with van der Waals surface area (Å²) < 4.78 is 29.8. The molecule has 8 heteroatoms. The molecule has 1 aliphatic heterocycles. The number of nitrogens with one attached hydrogen (secondary N) is 1. The number of anilines is 2. The van der Waals surface area contributed by atoms with Gasteiger partial charge in [-0.25, -0.2) is 8.42 Å². The lowest BCUT2D eigenvalue weighted by Gasteiger charge is -2.38. The zero-order chi connectivity index (χ0) is 26.0. The van der Waals surface area contributed by atoms with Crippen LogP contribution in [0.3, 0.4) is 0 Å². The van der Waals surface area contributed by atoms with Crippen molar-refractivity contribution in [1.82, 2.24) is 5.32 Å². The van der Waals surface area contributed by atoms with E-state index in [-0.39, 0.29) is 11.7 Å². The van der Waals surface area contributed by atoms with Gasteiger partial charge in [-0.3, -0.25) is 4.79 Å². The maximum atomic E-state index is 13.1. The summed E-state index contributed by atoms with van der Waals surface area (Å²) in [4.78, 5) is 18.1. The molecule has 0 atom stereocenters. The highest BCUT2D eigenvalue weighted by Gasteiger charge is 2.29. The molecule has 5 rings (SSSR count). The first kappa shape index (κ1) is 25.7. The lowest BCUT2D eigenvalue weighted by Crippen LogP contribution is -2.31. The Labute approximate surface area is 223 Å². The minimum absolute atomic E-state index is 0.0651. The van der Waals surface area contributed by atoms with E-state index < -0.39 is 9.84 Å². The van der Waals surface area contributed by atoms with Crippen LogP contribution in [0.25, 0.3) is 0 Å². The van der Waals surface area contributed by atoms with E-state index in [1.165, 1.54) is 24.2 Å². The second kappa shape index (κ2) is 10.8. The maximum Gasteiger partial charge on any atom is 0.251 e. The molecule has 1 N–H and O–H groups in total. The van der Waals surface area contributed by atoms with Crippen LogP contribution in [0.1, 0.15) is 49.0 Å². The second-order valence-corrected chi connectivity index (χ2v) is 12.8. The molecule has 37 heavy (non-hydrogen) atoms. The molecule has 3 aromatic rings. The first-order valence-electron chi connectivity index (χ1n) is 12.8. The number of carbonyl (C=O) groups is 1. The fourth-order valence-electron chi connectivity index (χ4n) is 4.66. The molecule has 1 fully saturated rings. The number of ether oxygens (including phenoxy) is 1. The van der Waals surface area contributed by atoms with E-state index >= 15 is 0 Å². The van der Waals surface area contributed by atoms with Gasteiger partial charge in [0.25, 0.3) is 5.91 Å². The summed E-state index contributed by atoms with van der Waals surface area (Å²) in [6.45, 7) is 5.51. The van der Waals surface area contributed by atoms with Crippen molar-refractivity contribution in [3.8, 4) is 5.75 Å². The van der Waals surface area contributed by atoms with Crippen LogP contribution in [-0.4, -0.2) is 33.2 Å². The molecule has 2 aliphatic rings. The Hall–Kier alpha value is -2.97. The lowest BCUT2D eigenvalue weighted by atomic mass is 9.85. The molecule has 3 aromatic carbocycles. The Bertz CT molecular complexity index is 1400. The molecule has 0 spiro atoms. The number of carbonyl (C=O) groups excluding carboxylic acids is 1. The van der Waals surface area contributed by atoms with E-state index in [0.717, 1.165) is 34.1 Å². The average molecular weight is 537 g/mol. The second-order valence-electron chi connectivity index (χ2n) is 9.48. The number of nitrogens with zero attached hydrogens (tertiary/aromatic N) is 1. The average Bonchev–Trinajstić information content (AvgIpc) is 2.88. The topological polar surface area (TPSA) is 75.7 Å². The smallest absolute Gasteiger partial charge is 0.251 e. The zero-order valence-corrected chi connectivity index (χ0v) is 22.8. The molecule has 1 amide bonds. The van der Waals surface area contributed by atoms with Crippen LogP contribution in [0, 0.1) is 5.92 Å². The van der Waals surface area contributed by atoms with E-state index in [1.54, 1.807) is 43.0 Å². The summed E-state index contributed by atoms with van der Waals surface area (Å²) in [5.41, 5.74) is 3.68. The van der Waals surface area contributed by atoms with Gasteiger partial charge in [0, 0.05) is 28.4 Å². The van der Waals surface area contributed by atoms with E-state index in [9.17, 15) is 13.2 Å². The van der Waals surface area contributed by atoms with Crippen LogP contribution in [-0.2, 0) is 16.4 Å². The molecule has 1 aliphatic carbocycles. The molecule has 0 bridgehead atoms. The van der Waals surface area contributed by atoms with Crippen molar-refractivity contribution >= 4 is 38.9 Å². The van der Waals surface area contributed by atoms with Gasteiger partial charge in [0.1, 0.15) is 5.75 Å². The molecule has 1 heterocycles. The molecule has 194 valence electrons. The minimum Gasteiger partial charge on any atom is -0.494 e. The van der Waals surface area contributed by atoms with Crippen molar-refractivity contribution in [2.45, 2.75) is 54.3 Å². The molecule has 0 saturated heterocycles. The maximum absolute atomic E-state index is 13.1. The first-order valence-corrected chi connectivity index (χ1v) is 15.3. The number of rotatable bonds is 9. The third-order valence-corrected chi connectivity index (χ3v) is 9.91. The summed E-state index contributed by atoms with van der Waals surface area (Å²) in [5.74, 6) is 1.44. The number of sulfone groups is 1. The predicted molar refractivity (Wildman–Crippen MR) is 148 cm³/mol. The van der Waals surface area contributed by atoms with E-state index in [1.807, 2.05) is 31.2 Å². The van der Waals surface area contributed by atoms with Crippen LogP contribution >= 0.6 is 11.8 Å². The molecular weight excluding hydrogens is 504 g/mol. The Balaban J connectivity index is 1.35. The summed E-state index contributed by atoms with van der Waals surface area (Å²) in [5, 5.41) is 2.98. The Morgan fingerprint density at radius 1 is 1.00 bits per heavy atom. The molecule has 1 saturated carbocycles. The van der Waals surface area contributed by atoms with Gasteiger partial charge in [0.05, 0.1) is 28.6 Å². The van der Waals surface area contributed by atoms with Crippen molar-refractivity contribution in [2.24, 2.45) is 5.92 Å². The van der Waals surface area contributed by atoms with Gasteiger partial charge in [-0.2, -0.15) is 0 Å². The Morgan fingerprint density at radius 3 is 2.46 bits per heavy atom. The molecule has 6 nitrogen and oxygen atoms in total. The van der Waals surface area contributed by atoms with Crippen molar-refractivity contribution in [2.75, 3.05) is 23.8 Å². The summed E-state index contributed by atoms with van der Waals surface area (Å²) in [6.07, 6.45) is 3.76. The van der Waals surface area contributed by atoms with Gasteiger partial charge in [-0.05, 0) is 79.8 Å². The fraction of sp³-hybridized carbons (Fsp3) is 0.345. The van der Waals surface area contributed by atoms with Crippen molar-refractivity contribution in [3.05, 3.63) is 71.8 Å². The van der Waals surface area contributed by atoms with Gasteiger partial charge in [-0.1, -0.05) is 37.2 Å². The van der Waals surface area contributed by atoms with E-state index in [4.69, 9.17) is 4.74 Å². The standard InChI is InChI=1S/C29H32N2O4S2/c1-3-35-23-11-14-25-28(17-23)36-27-15-10-22(16-26(27)31(25)19-21-6-5-7-21)29(32)30-18-20-8-12-24(13-9-20)37(33,34)4-2/h8-17,21H,3-7,18-19H2,1-2H3,(H,30,32). The van der Waals surface area contributed by atoms with Crippen LogP contribution in [0.4, 0.5) is 11.4 Å². The SMILES string of the molecule is CCOc1ccc2c(c1)Sc1ccc(C(=O)NCc3ccc(S(=O)(=O)CC)cc3)cc1N2CC1CCC1. The van der Waals surface area contributed by atoms with Crippen LogP contribution in [0.5, 0.6) is 5.75 Å². The van der Waals surface area contributed by atoms with Crippen LogP contribution in [0.2, 0.25) is 0 Å². The van der Waals surface area contributed by atoms with Crippen LogP contribution in [0.15, 0.2) is 75.4 Å². The number of hydrogen-bond donors (Lipinski definition) is 1. The van der Waals surface area contributed by atoms with Gasteiger partial charge >= 0.3 is 0 Å². The quantitative estimate of drug-likeness (QED) is 0.350. The van der Waals surface area contributed by atoms with Crippen molar-refractivity contribution < 1.29 is 17.9 Å². The molecule has 0 radical (unpaired) electrons. The summed E-state index contributed by atoms with van der Waals surface area (Å²) >= 11 is 1.71. The number of amides is 1. The normalized spacial score (nSPS) is 14.9. The van der Waals surface area contributed by atoms with Gasteiger partial charge in [-0.15, -0.1) is 0 Å². The Morgan fingerprint density at radius 2 is 1.78 bits per heavy atom. The third kappa shape index (κ3) is 5.50. The van der Waals surface area contributed by atoms with Gasteiger partial charge < -0.3 is 15.0 Å². The molecule has 0 aromatic heterocycles. The zero-order valence-electron chi connectivity index (χ0n) is 21.2. The summed E-state index contributed by atoms with van der Waals surface area (Å²) in [6, 6.07) is 18.9. The molecular formula is C29H32N2O4S2. The van der Waals surface area contributed by atoms with Crippen LogP contribution < -0.4 is 15.0 Å².